The summed E-state index contributed by atoms with van der Waals surface area (Å²) in [5.41, 5.74) is -0.755. The number of alkyl halides is 3. The number of carbonyl (C=O) groups excluding carboxylic acids is 1. The number of amides is 1. The molecule has 0 aromatic heterocycles. The van der Waals surface area contributed by atoms with Crippen LogP contribution in [0.15, 0.2) is 53.4 Å². The molecule has 2 saturated carbocycles. The second kappa shape index (κ2) is 12.3. The zero-order valence-corrected chi connectivity index (χ0v) is 29.9. The van der Waals surface area contributed by atoms with Crippen LogP contribution in [-0.4, -0.2) is 118 Å². The van der Waals surface area contributed by atoms with Crippen molar-refractivity contribution in [2.75, 3.05) is 77.5 Å². The molecule has 0 spiro atoms. The van der Waals surface area contributed by atoms with E-state index in [1.165, 1.54) is 25.3 Å². The van der Waals surface area contributed by atoms with E-state index < -0.39 is 51.8 Å². The molecule has 0 unspecified atom stereocenters. The molecule has 2 aliphatic carbocycles. The minimum atomic E-state index is -4.00. The molecule has 3 atom stereocenters. The fourth-order valence-corrected chi connectivity index (χ4v) is 12.1. The lowest BCUT2D eigenvalue weighted by Crippen LogP contribution is -2.65. The van der Waals surface area contributed by atoms with Crippen LogP contribution in [0.1, 0.15) is 50.5 Å². The van der Waals surface area contributed by atoms with E-state index in [9.17, 15) is 22.0 Å². The minimum absolute atomic E-state index is 0.0539. The topological polar surface area (TPSA) is 85.4 Å². The number of nitrogens with one attached hydrogen (secondary N) is 1. The van der Waals surface area contributed by atoms with Gasteiger partial charge in [-0.1, -0.05) is 18.6 Å². The summed E-state index contributed by atoms with van der Waals surface area (Å²) < 4.78 is 89.0. The molecule has 1 amide bonds. The van der Waals surface area contributed by atoms with Crippen LogP contribution in [0.3, 0.4) is 0 Å². The normalized spacial score (nSPS) is 30.3. The highest BCUT2D eigenvalue weighted by Gasteiger charge is 2.79. The van der Waals surface area contributed by atoms with Gasteiger partial charge in [-0.3, -0.25) is 4.90 Å². The van der Waals surface area contributed by atoms with Gasteiger partial charge in [0.25, 0.3) is 5.92 Å². The van der Waals surface area contributed by atoms with Gasteiger partial charge in [-0.2, -0.15) is 4.31 Å². The number of hydrogen-bond acceptors (Lipinski definition) is 7. The first-order chi connectivity index (χ1) is 24.2. The predicted octanol–water partition coefficient (Wildman–Crippen LogP) is 5.02. The lowest BCUT2D eigenvalue weighted by atomic mass is 9.56. The van der Waals surface area contributed by atoms with Crippen LogP contribution < -0.4 is 10.2 Å². The number of ether oxygens (including phenoxy) is 1. The molecule has 4 saturated heterocycles. The molecular formula is C37H47F4N5O4S. The number of anilines is 1. The third kappa shape index (κ3) is 5.83. The van der Waals surface area contributed by atoms with Crippen LogP contribution in [0.5, 0.6) is 0 Å². The highest BCUT2D eigenvalue weighted by Crippen LogP contribution is 2.77. The van der Waals surface area contributed by atoms with E-state index in [2.05, 4.69) is 21.2 Å². The van der Waals surface area contributed by atoms with E-state index in [0.29, 0.717) is 18.8 Å². The molecule has 8 rings (SSSR count). The van der Waals surface area contributed by atoms with E-state index in [0.717, 1.165) is 74.4 Å². The lowest BCUT2D eigenvalue weighted by molar-refractivity contribution is -0.0945. The van der Waals surface area contributed by atoms with Crippen molar-refractivity contribution in [2.45, 2.75) is 72.4 Å². The van der Waals surface area contributed by atoms with Crippen molar-refractivity contribution in [1.29, 1.82) is 0 Å². The molecule has 278 valence electrons. The fourth-order valence-electron chi connectivity index (χ4n) is 10.6. The van der Waals surface area contributed by atoms with Gasteiger partial charge in [0.05, 0.1) is 43.7 Å². The number of methoxy groups -OCH3 is 1. The summed E-state index contributed by atoms with van der Waals surface area (Å²) in [4.78, 5) is 19.2. The number of rotatable bonds is 11. The van der Waals surface area contributed by atoms with Crippen LogP contribution in [0.4, 0.5) is 28.0 Å². The fraction of sp³-hybridized carbons (Fsp3) is 0.649. The largest absolute Gasteiger partial charge is 0.453 e. The smallest absolute Gasteiger partial charge is 0.407 e. The Balaban J connectivity index is 0.959. The first-order valence-corrected chi connectivity index (χ1v) is 19.7. The van der Waals surface area contributed by atoms with Crippen LogP contribution >= 0.6 is 0 Å². The summed E-state index contributed by atoms with van der Waals surface area (Å²) in [6.45, 7) is 3.22. The molecule has 14 heteroatoms. The average Bonchev–Trinajstić information content (AvgIpc) is 3.55. The number of piperidine rings is 1. The van der Waals surface area contributed by atoms with Crippen molar-refractivity contribution in [3.05, 3.63) is 59.9 Å². The molecule has 4 aliphatic heterocycles. The van der Waals surface area contributed by atoms with Gasteiger partial charge in [-0.25, -0.2) is 30.8 Å². The number of benzene rings is 2. The van der Waals surface area contributed by atoms with Crippen LogP contribution in [0.2, 0.25) is 0 Å². The highest BCUT2D eigenvalue weighted by molar-refractivity contribution is 7.89. The summed E-state index contributed by atoms with van der Waals surface area (Å²) in [6, 6.07) is 13.1. The molecule has 2 aromatic carbocycles. The van der Waals surface area contributed by atoms with Crippen molar-refractivity contribution in [3.8, 4) is 0 Å². The molecule has 6 fully saturated rings. The number of halogens is 4. The summed E-state index contributed by atoms with van der Waals surface area (Å²) in [6.07, 6.45) is 6.02. The highest BCUT2D eigenvalue weighted by atomic mass is 32.2. The molecule has 4 heterocycles. The minimum Gasteiger partial charge on any atom is -0.453 e. The number of alkyl carbamates (subject to hydrolysis) is 1. The van der Waals surface area contributed by atoms with E-state index in [4.69, 9.17) is 4.74 Å². The Morgan fingerprint density at radius 1 is 0.941 bits per heavy atom. The van der Waals surface area contributed by atoms with Crippen LogP contribution in [0.25, 0.3) is 0 Å². The molecule has 0 radical (unpaired) electrons. The lowest BCUT2D eigenvalue weighted by Gasteiger charge is -2.55. The average molecular weight is 734 g/mol. The third-order valence-corrected chi connectivity index (χ3v) is 14.9. The number of hydrogen-bond donors (Lipinski definition) is 1. The van der Waals surface area contributed by atoms with Gasteiger partial charge in [0, 0.05) is 29.6 Å². The van der Waals surface area contributed by atoms with E-state index >= 15 is 8.78 Å². The zero-order chi connectivity index (χ0) is 35.9. The van der Waals surface area contributed by atoms with Gasteiger partial charge in [0.2, 0.25) is 10.0 Å². The Hall–Kier alpha value is -2.94. The van der Waals surface area contributed by atoms with E-state index in [-0.39, 0.29) is 41.7 Å². The molecular weight excluding hydrogens is 686 g/mol. The maximum atomic E-state index is 16.2. The molecule has 1 N–H and O–H groups in total. The van der Waals surface area contributed by atoms with Crippen LogP contribution in [0, 0.1) is 17.2 Å². The maximum Gasteiger partial charge on any atom is 0.407 e. The zero-order valence-electron chi connectivity index (χ0n) is 29.1. The Morgan fingerprint density at radius 3 is 2.25 bits per heavy atom. The summed E-state index contributed by atoms with van der Waals surface area (Å²) in [5, 5.41) is 3.26. The Kier molecular flexibility index (Phi) is 8.47. The second-order valence-electron chi connectivity index (χ2n) is 16.1. The summed E-state index contributed by atoms with van der Waals surface area (Å²) in [7, 11) is -2.60. The monoisotopic (exact) mass is 733 g/mol. The van der Waals surface area contributed by atoms with Gasteiger partial charge in [-0.15, -0.1) is 0 Å². The Bertz CT molecular complexity index is 1760. The molecule has 6 aliphatic rings. The van der Waals surface area contributed by atoms with Gasteiger partial charge >= 0.3 is 6.09 Å². The van der Waals surface area contributed by atoms with Crippen molar-refractivity contribution in [2.24, 2.45) is 11.3 Å². The molecule has 9 nitrogen and oxygen atoms in total. The van der Waals surface area contributed by atoms with E-state index in [1.54, 1.807) is 18.2 Å². The molecule has 0 bridgehead atoms. The van der Waals surface area contributed by atoms with Gasteiger partial charge in [0.15, 0.2) is 5.67 Å². The SMILES string of the molecule is COC(=O)N[C@]12CCC[C@@]1([C@](CN1CCC1)(c1cccc(F)c1)C1CCN(CC3(F)CN(c4ccc(S(=O)(=O)N5CC(F)(F)C5)cc4)C3)CC1)C2. The van der Waals surface area contributed by atoms with Gasteiger partial charge < -0.3 is 19.9 Å². The van der Waals surface area contributed by atoms with Crippen LogP contribution in [-0.2, 0) is 20.2 Å². The van der Waals surface area contributed by atoms with Gasteiger partial charge in [-0.05, 0) is 113 Å². The number of sulfonamides is 1. The third-order valence-electron chi connectivity index (χ3n) is 13.1. The summed E-state index contributed by atoms with van der Waals surface area (Å²) >= 11 is 0. The number of fused-ring (bicyclic) bond motifs is 1. The quantitative estimate of drug-likeness (QED) is 0.325. The number of nitrogens with zero attached hydrogens (tertiary/aromatic N) is 4. The standard InChI is InChI=1S/C37H47F4N5O4S/c1-50-32(47)42-35-14-3-13-34(35,20-35)37(26-43-15-4-16-43,28-5-2-6-29(38)19-28)27-11-17-44(18-12-27)21-33(39)22-45(23-33)30-7-9-31(10-8-30)51(48,49)46-24-36(40,41)25-46/h2,5-10,19,27H,3-4,11-18,20-26H2,1H3,(H,42,47)/t34-,35+,37+/m1/s1. The Labute approximate surface area is 297 Å². The van der Waals surface area contributed by atoms with Crippen molar-refractivity contribution in [3.63, 3.8) is 0 Å². The molecule has 2 aromatic rings. The first kappa shape index (κ1) is 35.1. The van der Waals surface area contributed by atoms with Gasteiger partial charge in [0.1, 0.15) is 5.82 Å². The van der Waals surface area contributed by atoms with Crippen molar-refractivity contribution >= 4 is 21.8 Å². The predicted molar refractivity (Wildman–Crippen MR) is 184 cm³/mol. The van der Waals surface area contributed by atoms with Crippen molar-refractivity contribution < 1.29 is 35.5 Å². The number of likely N-dealkylation sites (tertiary alicyclic amines) is 2. The van der Waals surface area contributed by atoms with Crippen molar-refractivity contribution in [1.82, 2.24) is 19.4 Å². The van der Waals surface area contributed by atoms with E-state index in [1.807, 2.05) is 11.0 Å². The Morgan fingerprint density at radius 2 is 1.65 bits per heavy atom. The molecule has 51 heavy (non-hydrogen) atoms. The second-order valence-corrected chi connectivity index (χ2v) is 18.0. The first-order valence-electron chi connectivity index (χ1n) is 18.2. The maximum absolute atomic E-state index is 16.2. The summed E-state index contributed by atoms with van der Waals surface area (Å²) in [5.74, 6) is -3.04. The number of carbonyl (C=O) groups is 1.